The second-order valence-electron chi connectivity index (χ2n) is 4.74. The number of rotatable bonds is 3. The van der Waals surface area contributed by atoms with Crippen molar-refractivity contribution in [3.05, 3.63) is 0 Å². The highest BCUT2D eigenvalue weighted by atomic mass is 14.7. The largest absolute Gasteiger partial charge is 0.328 e. The van der Waals surface area contributed by atoms with Gasteiger partial charge in [-0.15, -0.1) is 0 Å². The summed E-state index contributed by atoms with van der Waals surface area (Å²) < 4.78 is 0. The van der Waals surface area contributed by atoms with E-state index in [0.717, 1.165) is 12.8 Å². The molecule has 11 heavy (non-hydrogen) atoms. The van der Waals surface area contributed by atoms with E-state index in [1.807, 2.05) is 6.92 Å². The molecule has 0 spiro atoms. The highest BCUT2D eigenvalue weighted by Crippen LogP contribution is 2.21. The number of hydrogen-bond acceptors (Lipinski definition) is 2. The lowest BCUT2D eigenvalue weighted by Crippen LogP contribution is -2.32. The Hall–Kier alpha value is -0.0800. The first-order valence-corrected chi connectivity index (χ1v) is 4.32. The Morgan fingerprint density at radius 1 is 1.18 bits per heavy atom. The van der Waals surface area contributed by atoms with E-state index >= 15 is 0 Å². The first-order chi connectivity index (χ1) is 4.81. The molecular weight excluding hydrogens is 136 g/mol. The molecule has 2 heteroatoms. The van der Waals surface area contributed by atoms with Crippen molar-refractivity contribution in [1.29, 1.82) is 0 Å². The van der Waals surface area contributed by atoms with Crippen LogP contribution in [0, 0.1) is 5.41 Å². The second-order valence-corrected chi connectivity index (χ2v) is 4.74. The van der Waals surface area contributed by atoms with Crippen LogP contribution in [0.2, 0.25) is 0 Å². The third-order valence-electron chi connectivity index (χ3n) is 1.55. The molecule has 0 saturated heterocycles. The molecule has 0 radical (unpaired) electrons. The average Bonchev–Trinajstić information content (AvgIpc) is 1.53. The molecule has 0 aromatic carbocycles. The third kappa shape index (κ3) is 7.82. The minimum atomic E-state index is 0.229. The van der Waals surface area contributed by atoms with Crippen molar-refractivity contribution in [2.45, 2.75) is 52.6 Å². The summed E-state index contributed by atoms with van der Waals surface area (Å²) in [4.78, 5) is 0. The Bertz CT molecular complexity index is 103. The van der Waals surface area contributed by atoms with Crippen molar-refractivity contribution >= 4 is 0 Å². The Morgan fingerprint density at radius 3 is 1.91 bits per heavy atom. The first kappa shape index (κ1) is 10.9. The summed E-state index contributed by atoms with van der Waals surface area (Å²) in [6.07, 6.45) is 1.98. The summed E-state index contributed by atoms with van der Waals surface area (Å²) >= 11 is 0. The molecule has 0 amide bonds. The van der Waals surface area contributed by atoms with Gasteiger partial charge in [0.05, 0.1) is 0 Å². The van der Waals surface area contributed by atoms with Crippen molar-refractivity contribution in [1.82, 2.24) is 0 Å². The molecule has 0 aliphatic rings. The zero-order valence-corrected chi connectivity index (χ0v) is 8.22. The average molecular weight is 158 g/mol. The first-order valence-electron chi connectivity index (χ1n) is 4.32. The van der Waals surface area contributed by atoms with Gasteiger partial charge < -0.3 is 11.5 Å². The minimum absolute atomic E-state index is 0.229. The lowest BCUT2D eigenvalue weighted by atomic mass is 9.86. The number of nitrogens with two attached hydrogens (primary N) is 2. The van der Waals surface area contributed by atoms with Gasteiger partial charge >= 0.3 is 0 Å². The van der Waals surface area contributed by atoms with E-state index in [0.29, 0.717) is 5.41 Å². The van der Waals surface area contributed by atoms with Crippen LogP contribution < -0.4 is 11.5 Å². The van der Waals surface area contributed by atoms with Crippen molar-refractivity contribution in [3.63, 3.8) is 0 Å². The van der Waals surface area contributed by atoms with Gasteiger partial charge in [0.2, 0.25) is 0 Å². The molecule has 2 atom stereocenters. The Morgan fingerprint density at radius 2 is 1.64 bits per heavy atom. The molecule has 0 aromatic rings. The topological polar surface area (TPSA) is 52.0 Å². The summed E-state index contributed by atoms with van der Waals surface area (Å²) in [6, 6.07) is 0.488. The summed E-state index contributed by atoms with van der Waals surface area (Å²) in [7, 11) is 0. The van der Waals surface area contributed by atoms with Gasteiger partial charge in [0.1, 0.15) is 0 Å². The predicted molar refractivity (Wildman–Crippen MR) is 50.3 cm³/mol. The third-order valence-corrected chi connectivity index (χ3v) is 1.55. The fraction of sp³-hybridized carbons (Fsp3) is 1.00. The predicted octanol–water partition coefficient (Wildman–Crippen LogP) is 1.49. The lowest BCUT2D eigenvalue weighted by Gasteiger charge is -2.23. The van der Waals surface area contributed by atoms with E-state index in [2.05, 4.69) is 20.8 Å². The molecule has 2 unspecified atom stereocenters. The SMILES string of the molecule is CC(N)CC(N)CC(C)(C)C. The molecule has 0 fully saturated rings. The van der Waals surface area contributed by atoms with E-state index < -0.39 is 0 Å². The molecule has 68 valence electrons. The Balaban J connectivity index is 3.61. The van der Waals surface area contributed by atoms with Crippen LogP contribution in [0.5, 0.6) is 0 Å². The summed E-state index contributed by atoms with van der Waals surface area (Å²) in [5.41, 5.74) is 11.8. The molecule has 0 heterocycles. The Kier molecular flexibility index (Phi) is 4.04. The van der Waals surface area contributed by atoms with E-state index in [9.17, 15) is 0 Å². The van der Waals surface area contributed by atoms with Crippen LogP contribution in [-0.4, -0.2) is 12.1 Å². The maximum Gasteiger partial charge on any atom is 0.00584 e. The van der Waals surface area contributed by atoms with Crippen molar-refractivity contribution < 1.29 is 0 Å². The minimum Gasteiger partial charge on any atom is -0.328 e. The monoisotopic (exact) mass is 158 g/mol. The molecule has 4 N–H and O–H groups in total. The van der Waals surface area contributed by atoms with E-state index in [1.54, 1.807) is 0 Å². The normalized spacial score (nSPS) is 18.0. The van der Waals surface area contributed by atoms with Gasteiger partial charge in [0.25, 0.3) is 0 Å². The summed E-state index contributed by atoms with van der Waals surface area (Å²) in [5.74, 6) is 0. The van der Waals surface area contributed by atoms with Crippen LogP contribution in [0.1, 0.15) is 40.5 Å². The van der Waals surface area contributed by atoms with Crippen molar-refractivity contribution in [2.24, 2.45) is 16.9 Å². The smallest absolute Gasteiger partial charge is 0.00584 e. The molecule has 0 rings (SSSR count). The fourth-order valence-corrected chi connectivity index (χ4v) is 1.35. The highest BCUT2D eigenvalue weighted by Gasteiger charge is 2.16. The van der Waals surface area contributed by atoms with E-state index in [-0.39, 0.29) is 12.1 Å². The maximum atomic E-state index is 5.88. The lowest BCUT2D eigenvalue weighted by molar-refractivity contribution is 0.324. The molecule has 0 bridgehead atoms. The van der Waals surface area contributed by atoms with Crippen LogP contribution in [0.25, 0.3) is 0 Å². The summed E-state index contributed by atoms with van der Waals surface area (Å²) in [5, 5.41) is 0. The van der Waals surface area contributed by atoms with E-state index in [1.165, 1.54) is 0 Å². The fourth-order valence-electron chi connectivity index (χ4n) is 1.35. The zero-order chi connectivity index (χ0) is 9.07. The van der Waals surface area contributed by atoms with Crippen LogP contribution in [0.4, 0.5) is 0 Å². The molecule has 0 aromatic heterocycles. The van der Waals surface area contributed by atoms with Gasteiger partial charge in [0, 0.05) is 12.1 Å². The maximum absolute atomic E-state index is 5.88. The van der Waals surface area contributed by atoms with Crippen LogP contribution in [0.15, 0.2) is 0 Å². The van der Waals surface area contributed by atoms with Gasteiger partial charge in [0.15, 0.2) is 0 Å². The molecular formula is C9H22N2. The van der Waals surface area contributed by atoms with Gasteiger partial charge in [-0.05, 0) is 25.2 Å². The second kappa shape index (κ2) is 4.07. The zero-order valence-electron chi connectivity index (χ0n) is 8.22. The molecule has 2 nitrogen and oxygen atoms in total. The van der Waals surface area contributed by atoms with Gasteiger partial charge in [-0.1, -0.05) is 20.8 Å². The molecule has 0 aliphatic carbocycles. The standard InChI is InChI=1S/C9H22N2/c1-7(10)5-8(11)6-9(2,3)4/h7-8H,5-6,10-11H2,1-4H3. The van der Waals surface area contributed by atoms with Crippen LogP contribution in [0.3, 0.4) is 0 Å². The molecule has 0 aliphatic heterocycles. The summed E-state index contributed by atoms with van der Waals surface area (Å²) in [6.45, 7) is 8.61. The van der Waals surface area contributed by atoms with Crippen molar-refractivity contribution in [2.75, 3.05) is 0 Å². The van der Waals surface area contributed by atoms with Gasteiger partial charge in [-0.3, -0.25) is 0 Å². The molecule has 0 saturated carbocycles. The number of hydrogen-bond donors (Lipinski definition) is 2. The quantitative estimate of drug-likeness (QED) is 0.653. The van der Waals surface area contributed by atoms with Gasteiger partial charge in [-0.2, -0.15) is 0 Å². The van der Waals surface area contributed by atoms with Crippen LogP contribution in [-0.2, 0) is 0 Å². The van der Waals surface area contributed by atoms with Gasteiger partial charge in [-0.25, -0.2) is 0 Å². The Labute approximate surface area is 70.3 Å². The van der Waals surface area contributed by atoms with Crippen LogP contribution >= 0.6 is 0 Å². The van der Waals surface area contributed by atoms with E-state index in [4.69, 9.17) is 11.5 Å². The highest BCUT2D eigenvalue weighted by molar-refractivity contribution is 4.74. The van der Waals surface area contributed by atoms with Crippen molar-refractivity contribution in [3.8, 4) is 0 Å².